The van der Waals surface area contributed by atoms with E-state index in [0.717, 1.165) is 17.8 Å². The molecule has 1 heterocycles. The summed E-state index contributed by atoms with van der Waals surface area (Å²) in [5, 5.41) is 3.58. The number of piperidine rings is 1. The summed E-state index contributed by atoms with van der Waals surface area (Å²) >= 11 is 0. The first-order chi connectivity index (χ1) is 8.13. The van der Waals surface area contributed by atoms with Crippen molar-refractivity contribution in [1.29, 1.82) is 0 Å². The SMILES string of the molecule is CCC(C)(C)C1CCC(C2CCCNC2)CC1. The van der Waals surface area contributed by atoms with Crippen LogP contribution in [0.3, 0.4) is 0 Å². The third kappa shape index (κ3) is 3.24. The predicted octanol–water partition coefficient (Wildman–Crippen LogP) is 4.23. The van der Waals surface area contributed by atoms with Crippen molar-refractivity contribution in [2.75, 3.05) is 13.1 Å². The lowest BCUT2D eigenvalue weighted by Crippen LogP contribution is -2.37. The highest BCUT2D eigenvalue weighted by atomic mass is 14.9. The Kier molecular flexibility index (Phi) is 4.52. The Bertz CT molecular complexity index is 220. The third-order valence-corrected chi connectivity index (χ3v) is 5.79. The van der Waals surface area contributed by atoms with Gasteiger partial charge in [0.05, 0.1) is 0 Å². The lowest BCUT2D eigenvalue weighted by atomic mass is 9.65. The predicted molar refractivity (Wildman–Crippen MR) is 75.1 cm³/mol. The van der Waals surface area contributed by atoms with Gasteiger partial charge in [0.1, 0.15) is 0 Å². The highest BCUT2D eigenvalue weighted by Crippen LogP contribution is 2.44. The molecule has 2 fully saturated rings. The summed E-state index contributed by atoms with van der Waals surface area (Å²) in [5.41, 5.74) is 0.579. The molecule has 0 aromatic heterocycles. The maximum atomic E-state index is 3.58. The Morgan fingerprint density at radius 2 is 1.71 bits per heavy atom. The summed E-state index contributed by atoms with van der Waals surface area (Å²) in [6.45, 7) is 9.86. The zero-order chi connectivity index (χ0) is 12.3. The van der Waals surface area contributed by atoms with E-state index in [9.17, 15) is 0 Å². The number of hydrogen-bond acceptors (Lipinski definition) is 1. The van der Waals surface area contributed by atoms with Gasteiger partial charge in [0.25, 0.3) is 0 Å². The Hall–Kier alpha value is -0.0400. The molecular formula is C16H31N. The van der Waals surface area contributed by atoms with Crippen LogP contribution < -0.4 is 5.32 Å². The van der Waals surface area contributed by atoms with Gasteiger partial charge >= 0.3 is 0 Å². The quantitative estimate of drug-likeness (QED) is 0.774. The minimum atomic E-state index is 0.579. The summed E-state index contributed by atoms with van der Waals surface area (Å²) in [6, 6.07) is 0. The largest absolute Gasteiger partial charge is 0.316 e. The van der Waals surface area contributed by atoms with Crippen molar-refractivity contribution in [2.45, 2.75) is 65.7 Å². The summed E-state index contributed by atoms with van der Waals surface area (Å²) < 4.78 is 0. The van der Waals surface area contributed by atoms with Gasteiger partial charge in [0.2, 0.25) is 0 Å². The van der Waals surface area contributed by atoms with Crippen molar-refractivity contribution in [3.63, 3.8) is 0 Å². The second-order valence-corrected chi connectivity index (χ2v) is 7.06. The van der Waals surface area contributed by atoms with E-state index in [4.69, 9.17) is 0 Å². The fraction of sp³-hybridized carbons (Fsp3) is 1.00. The monoisotopic (exact) mass is 237 g/mol. The number of nitrogens with one attached hydrogen (secondary N) is 1. The van der Waals surface area contributed by atoms with Crippen LogP contribution in [0, 0.1) is 23.2 Å². The van der Waals surface area contributed by atoms with Gasteiger partial charge < -0.3 is 5.32 Å². The minimum absolute atomic E-state index is 0.579. The van der Waals surface area contributed by atoms with Crippen molar-refractivity contribution in [1.82, 2.24) is 5.32 Å². The molecule has 1 heteroatoms. The molecule has 1 unspecified atom stereocenters. The van der Waals surface area contributed by atoms with E-state index >= 15 is 0 Å². The standard InChI is InChI=1S/C16H31N/c1-4-16(2,3)15-9-7-13(8-10-15)14-6-5-11-17-12-14/h13-15,17H,4-12H2,1-3H3. The van der Waals surface area contributed by atoms with E-state index in [1.54, 1.807) is 0 Å². The van der Waals surface area contributed by atoms with Crippen molar-refractivity contribution in [3.8, 4) is 0 Å². The molecule has 0 bridgehead atoms. The molecule has 0 amide bonds. The molecule has 1 saturated carbocycles. The van der Waals surface area contributed by atoms with Gasteiger partial charge in [-0.1, -0.05) is 27.2 Å². The van der Waals surface area contributed by atoms with Gasteiger partial charge in [-0.25, -0.2) is 0 Å². The van der Waals surface area contributed by atoms with Crippen LogP contribution in [0.25, 0.3) is 0 Å². The molecule has 1 saturated heterocycles. The zero-order valence-electron chi connectivity index (χ0n) is 12.1. The van der Waals surface area contributed by atoms with Crippen LogP contribution in [0.2, 0.25) is 0 Å². The zero-order valence-corrected chi connectivity index (χ0v) is 12.1. The molecule has 2 rings (SSSR count). The molecule has 0 radical (unpaired) electrons. The lowest BCUT2D eigenvalue weighted by molar-refractivity contribution is 0.0997. The van der Waals surface area contributed by atoms with Gasteiger partial charge in [0.15, 0.2) is 0 Å². The molecule has 0 aromatic rings. The molecule has 1 nitrogen and oxygen atoms in total. The normalized spacial score (nSPS) is 35.8. The fourth-order valence-electron chi connectivity index (χ4n) is 3.94. The molecule has 100 valence electrons. The molecular weight excluding hydrogens is 206 g/mol. The Balaban J connectivity index is 1.81. The summed E-state index contributed by atoms with van der Waals surface area (Å²) in [7, 11) is 0. The van der Waals surface area contributed by atoms with Crippen LogP contribution in [-0.2, 0) is 0 Å². The highest BCUT2D eigenvalue weighted by Gasteiger charge is 2.34. The first-order valence-electron chi connectivity index (χ1n) is 7.84. The first kappa shape index (κ1) is 13.4. The maximum Gasteiger partial charge on any atom is -0.00179 e. The molecule has 0 spiro atoms. The molecule has 0 aromatic carbocycles. The van der Waals surface area contributed by atoms with E-state index in [1.165, 1.54) is 58.0 Å². The van der Waals surface area contributed by atoms with Crippen LogP contribution >= 0.6 is 0 Å². The smallest absolute Gasteiger partial charge is 0.00179 e. The van der Waals surface area contributed by atoms with Crippen LogP contribution in [0.1, 0.15) is 65.7 Å². The minimum Gasteiger partial charge on any atom is -0.316 e. The molecule has 2 aliphatic rings. The number of hydrogen-bond donors (Lipinski definition) is 1. The fourth-order valence-corrected chi connectivity index (χ4v) is 3.94. The Morgan fingerprint density at radius 1 is 1.00 bits per heavy atom. The Labute approximate surface area is 108 Å². The highest BCUT2D eigenvalue weighted by molar-refractivity contribution is 4.86. The maximum absolute atomic E-state index is 3.58. The number of rotatable bonds is 3. The van der Waals surface area contributed by atoms with Gasteiger partial charge in [-0.3, -0.25) is 0 Å². The van der Waals surface area contributed by atoms with E-state index in [0.29, 0.717) is 5.41 Å². The topological polar surface area (TPSA) is 12.0 Å². The summed E-state index contributed by atoms with van der Waals surface area (Å²) in [6.07, 6.45) is 10.2. The third-order valence-electron chi connectivity index (χ3n) is 5.79. The van der Waals surface area contributed by atoms with Crippen molar-refractivity contribution < 1.29 is 0 Å². The molecule has 17 heavy (non-hydrogen) atoms. The molecule has 1 atom stereocenters. The molecule has 1 aliphatic heterocycles. The summed E-state index contributed by atoms with van der Waals surface area (Å²) in [5.74, 6) is 3.02. The van der Waals surface area contributed by atoms with Crippen molar-refractivity contribution >= 4 is 0 Å². The van der Waals surface area contributed by atoms with E-state index in [-0.39, 0.29) is 0 Å². The van der Waals surface area contributed by atoms with E-state index < -0.39 is 0 Å². The average molecular weight is 237 g/mol. The molecule has 1 N–H and O–H groups in total. The van der Waals surface area contributed by atoms with E-state index in [2.05, 4.69) is 26.1 Å². The first-order valence-corrected chi connectivity index (χ1v) is 7.84. The van der Waals surface area contributed by atoms with Gasteiger partial charge in [0, 0.05) is 0 Å². The second kappa shape index (κ2) is 5.73. The Morgan fingerprint density at radius 3 is 2.24 bits per heavy atom. The van der Waals surface area contributed by atoms with Crippen LogP contribution in [0.4, 0.5) is 0 Å². The summed E-state index contributed by atoms with van der Waals surface area (Å²) in [4.78, 5) is 0. The van der Waals surface area contributed by atoms with Crippen LogP contribution in [0.15, 0.2) is 0 Å². The van der Waals surface area contributed by atoms with Gasteiger partial charge in [-0.05, 0) is 74.8 Å². The van der Waals surface area contributed by atoms with Crippen LogP contribution in [-0.4, -0.2) is 13.1 Å². The van der Waals surface area contributed by atoms with E-state index in [1.807, 2.05) is 0 Å². The van der Waals surface area contributed by atoms with Crippen molar-refractivity contribution in [2.24, 2.45) is 23.2 Å². The van der Waals surface area contributed by atoms with Gasteiger partial charge in [-0.2, -0.15) is 0 Å². The van der Waals surface area contributed by atoms with Crippen LogP contribution in [0.5, 0.6) is 0 Å². The molecule has 1 aliphatic carbocycles. The van der Waals surface area contributed by atoms with Crippen molar-refractivity contribution in [3.05, 3.63) is 0 Å². The second-order valence-electron chi connectivity index (χ2n) is 7.06. The average Bonchev–Trinajstić information content (AvgIpc) is 2.40. The van der Waals surface area contributed by atoms with Gasteiger partial charge in [-0.15, -0.1) is 0 Å². The lowest BCUT2D eigenvalue weighted by Gasteiger charge is -2.41.